The van der Waals surface area contributed by atoms with E-state index < -0.39 is 11.6 Å². The third-order valence-corrected chi connectivity index (χ3v) is 5.48. The van der Waals surface area contributed by atoms with Crippen LogP contribution in [0.4, 0.5) is 0 Å². The summed E-state index contributed by atoms with van der Waals surface area (Å²) in [4.78, 5) is 26.2. The second-order valence-corrected chi connectivity index (χ2v) is 7.24. The predicted octanol–water partition coefficient (Wildman–Crippen LogP) is 3.63. The zero-order valence-electron chi connectivity index (χ0n) is 14.6. The molecular formula is C19H22ClNO4. The number of halogens is 1. The zero-order chi connectivity index (χ0) is 18.4. The lowest BCUT2D eigenvalue weighted by molar-refractivity contribution is -0.131. The van der Waals surface area contributed by atoms with Crippen LogP contribution in [0.5, 0.6) is 11.5 Å². The number of fused-ring (bicyclic) bond motifs is 1. The van der Waals surface area contributed by atoms with Gasteiger partial charge in [-0.15, -0.1) is 0 Å². The fourth-order valence-electron chi connectivity index (χ4n) is 3.34. The van der Waals surface area contributed by atoms with Crippen LogP contribution in [-0.2, 0) is 11.2 Å². The highest BCUT2D eigenvalue weighted by Crippen LogP contribution is 2.46. The fraction of sp³-hybridized carbons (Fsp3) is 0.474. The molecule has 1 spiro atoms. The second-order valence-electron chi connectivity index (χ2n) is 6.83. The van der Waals surface area contributed by atoms with Crippen LogP contribution in [0.3, 0.4) is 0 Å². The van der Waals surface area contributed by atoms with Gasteiger partial charge in [0.05, 0.1) is 5.56 Å². The van der Waals surface area contributed by atoms with Crippen molar-refractivity contribution in [1.29, 1.82) is 0 Å². The van der Waals surface area contributed by atoms with E-state index in [1.165, 1.54) is 30.2 Å². The standard InChI is InChI=1S/C19H22ClNO4/c1-4-11(2)6-5-7-12-15(22)9-8-13-16(12)25-19(17(13)23)10-14(20)18(24)21(19)3/h8-11,22H,4-7H2,1-3H3/t11-,19-/m0/s1. The third kappa shape index (κ3) is 2.71. The van der Waals surface area contributed by atoms with Gasteiger partial charge in [-0.25, -0.2) is 0 Å². The molecule has 1 aromatic rings. The lowest BCUT2D eigenvalue weighted by Gasteiger charge is -2.28. The van der Waals surface area contributed by atoms with E-state index in [1.807, 2.05) is 0 Å². The first-order valence-corrected chi connectivity index (χ1v) is 8.94. The van der Waals surface area contributed by atoms with Crippen LogP contribution in [-0.4, -0.2) is 34.5 Å². The number of phenolic OH excluding ortho intramolecular Hbond substituents is 1. The molecule has 134 valence electrons. The van der Waals surface area contributed by atoms with E-state index in [1.54, 1.807) is 0 Å². The number of ether oxygens (including phenoxy) is 1. The molecule has 0 saturated heterocycles. The van der Waals surface area contributed by atoms with Gasteiger partial charge in [-0.2, -0.15) is 0 Å². The number of likely N-dealkylation sites (N-methyl/N-ethyl adjacent to an activating group) is 1. The maximum Gasteiger partial charge on any atom is 0.270 e. The highest BCUT2D eigenvalue weighted by Gasteiger charge is 2.56. The van der Waals surface area contributed by atoms with Crippen molar-refractivity contribution >= 4 is 23.3 Å². The van der Waals surface area contributed by atoms with E-state index >= 15 is 0 Å². The number of hydrogen-bond acceptors (Lipinski definition) is 4. The molecule has 0 radical (unpaired) electrons. The number of amides is 1. The first-order chi connectivity index (χ1) is 11.8. The summed E-state index contributed by atoms with van der Waals surface area (Å²) < 4.78 is 5.95. The molecule has 2 aliphatic rings. The molecule has 6 heteroatoms. The Balaban J connectivity index is 1.93. The highest BCUT2D eigenvalue weighted by atomic mass is 35.5. The topological polar surface area (TPSA) is 66.8 Å². The molecule has 0 aliphatic carbocycles. The lowest BCUT2D eigenvalue weighted by atomic mass is 9.96. The zero-order valence-corrected chi connectivity index (χ0v) is 15.4. The highest BCUT2D eigenvalue weighted by molar-refractivity contribution is 6.43. The number of carbonyl (C=O) groups is 2. The number of nitrogens with zero attached hydrogens (tertiary/aromatic N) is 1. The quantitative estimate of drug-likeness (QED) is 0.867. The summed E-state index contributed by atoms with van der Waals surface area (Å²) in [5.41, 5.74) is -0.544. The minimum absolute atomic E-state index is 0.0359. The van der Waals surface area contributed by atoms with Gasteiger partial charge in [0.1, 0.15) is 16.5 Å². The molecule has 2 aliphatic heterocycles. The lowest BCUT2D eigenvalue weighted by Crippen LogP contribution is -2.51. The summed E-state index contributed by atoms with van der Waals surface area (Å²) in [7, 11) is 1.49. The summed E-state index contributed by atoms with van der Waals surface area (Å²) in [6, 6.07) is 3.05. The van der Waals surface area contributed by atoms with Crippen LogP contribution in [0.2, 0.25) is 0 Å². The SMILES string of the molecule is CC[C@H](C)CCCc1c(O)ccc2c1O[C@@]1(C=C(Cl)C(=O)N1C)C2=O. The molecule has 1 N–H and O–H groups in total. The number of phenols is 1. The summed E-state index contributed by atoms with van der Waals surface area (Å²) >= 11 is 5.93. The average Bonchev–Trinajstić information content (AvgIpc) is 2.99. The molecule has 0 fully saturated rings. The Morgan fingerprint density at radius 3 is 2.68 bits per heavy atom. The van der Waals surface area contributed by atoms with Gasteiger partial charge in [0.2, 0.25) is 5.78 Å². The summed E-state index contributed by atoms with van der Waals surface area (Å²) in [5, 5.41) is 10.2. The van der Waals surface area contributed by atoms with Crippen molar-refractivity contribution in [3.63, 3.8) is 0 Å². The van der Waals surface area contributed by atoms with Crippen molar-refractivity contribution in [2.45, 2.75) is 45.3 Å². The fourth-order valence-corrected chi connectivity index (χ4v) is 3.61. The Morgan fingerprint density at radius 2 is 2.08 bits per heavy atom. The van der Waals surface area contributed by atoms with Crippen LogP contribution in [0, 0.1) is 5.92 Å². The normalized spacial score (nSPS) is 23.0. The van der Waals surface area contributed by atoms with Gasteiger partial charge >= 0.3 is 0 Å². The maximum absolute atomic E-state index is 12.9. The van der Waals surface area contributed by atoms with Crippen molar-refractivity contribution in [1.82, 2.24) is 4.90 Å². The van der Waals surface area contributed by atoms with Gasteiger partial charge in [0.15, 0.2) is 0 Å². The van der Waals surface area contributed by atoms with Crippen LogP contribution in [0.15, 0.2) is 23.2 Å². The van der Waals surface area contributed by atoms with E-state index in [0.717, 1.165) is 19.3 Å². The molecule has 0 saturated carbocycles. The van der Waals surface area contributed by atoms with Crippen molar-refractivity contribution in [2.24, 2.45) is 5.92 Å². The van der Waals surface area contributed by atoms with Gasteiger partial charge < -0.3 is 9.84 Å². The van der Waals surface area contributed by atoms with Crippen molar-refractivity contribution < 1.29 is 19.4 Å². The minimum atomic E-state index is -1.53. The second kappa shape index (κ2) is 6.37. The Hall–Kier alpha value is -2.01. The molecule has 3 rings (SSSR count). The number of ketones is 1. The Labute approximate surface area is 152 Å². The number of benzene rings is 1. The minimum Gasteiger partial charge on any atom is -0.508 e. The van der Waals surface area contributed by atoms with Crippen molar-refractivity contribution in [3.8, 4) is 11.5 Å². The third-order valence-electron chi connectivity index (χ3n) is 5.21. The molecule has 2 heterocycles. The van der Waals surface area contributed by atoms with Gasteiger partial charge in [-0.3, -0.25) is 14.5 Å². The first-order valence-electron chi connectivity index (χ1n) is 8.57. The molecule has 0 unspecified atom stereocenters. The van der Waals surface area contributed by atoms with E-state index in [-0.39, 0.29) is 16.6 Å². The van der Waals surface area contributed by atoms with Crippen molar-refractivity contribution in [3.05, 3.63) is 34.4 Å². The first kappa shape index (κ1) is 17.8. The van der Waals surface area contributed by atoms with E-state index in [2.05, 4.69) is 13.8 Å². The predicted molar refractivity (Wildman–Crippen MR) is 94.9 cm³/mol. The Bertz CT molecular complexity index is 773. The molecule has 1 aromatic carbocycles. The number of aromatic hydroxyl groups is 1. The molecule has 0 aromatic heterocycles. The molecule has 0 bridgehead atoms. The van der Waals surface area contributed by atoms with Crippen LogP contribution in [0.1, 0.15) is 49.0 Å². The number of rotatable bonds is 5. The van der Waals surface area contributed by atoms with Crippen LogP contribution < -0.4 is 4.74 Å². The smallest absolute Gasteiger partial charge is 0.270 e. The summed E-state index contributed by atoms with van der Waals surface area (Å²) in [5.74, 6) is 0.280. The van der Waals surface area contributed by atoms with Crippen LogP contribution in [0.25, 0.3) is 0 Å². The van der Waals surface area contributed by atoms with Gasteiger partial charge in [-0.1, -0.05) is 38.3 Å². The molecular weight excluding hydrogens is 342 g/mol. The molecule has 25 heavy (non-hydrogen) atoms. The van der Waals surface area contributed by atoms with Gasteiger partial charge in [-0.05, 0) is 30.9 Å². The number of carbonyl (C=O) groups excluding carboxylic acids is 2. The number of hydrogen-bond donors (Lipinski definition) is 1. The molecule has 1 amide bonds. The summed E-state index contributed by atoms with van der Waals surface area (Å²) in [6.45, 7) is 4.34. The monoisotopic (exact) mass is 363 g/mol. The molecule has 5 nitrogen and oxygen atoms in total. The molecule has 2 atom stereocenters. The van der Waals surface area contributed by atoms with E-state index in [9.17, 15) is 14.7 Å². The van der Waals surface area contributed by atoms with E-state index in [4.69, 9.17) is 16.3 Å². The Morgan fingerprint density at radius 1 is 1.36 bits per heavy atom. The van der Waals surface area contributed by atoms with Crippen molar-refractivity contribution in [2.75, 3.05) is 7.05 Å². The van der Waals surface area contributed by atoms with Crippen LogP contribution >= 0.6 is 11.6 Å². The van der Waals surface area contributed by atoms with Gasteiger partial charge in [0, 0.05) is 18.7 Å². The average molecular weight is 364 g/mol. The van der Waals surface area contributed by atoms with Gasteiger partial charge in [0.25, 0.3) is 11.6 Å². The summed E-state index contributed by atoms with van der Waals surface area (Å²) in [6.07, 6.45) is 4.97. The van der Waals surface area contributed by atoms with E-state index in [0.29, 0.717) is 29.2 Å². The number of Topliss-reactive ketones (excluding diaryl/α,β-unsaturated/α-hetero) is 1. The maximum atomic E-state index is 12.9. The Kier molecular flexibility index (Phi) is 4.54. The largest absolute Gasteiger partial charge is 0.508 e.